The van der Waals surface area contributed by atoms with Crippen molar-refractivity contribution >= 4 is 23.4 Å². The molecule has 1 aromatic rings. The molecule has 0 spiro atoms. The standard InChI is InChI=1S/C19H28ClN3O2/c1-11(2)21-16(22-12(3)4)10-19(13(5)17(24)23-18(19)25)14-8-6-7-9-15(14)20/h6-9,11-13,16,21-22H,10H2,1-5H3,(H,23,24,25). The first-order valence-electron chi connectivity index (χ1n) is 8.81. The minimum absolute atomic E-state index is 0.129. The van der Waals surface area contributed by atoms with Gasteiger partial charge in [-0.15, -0.1) is 0 Å². The lowest BCUT2D eigenvalue weighted by Gasteiger charge is -2.36. The summed E-state index contributed by atoms with van der Waals surface area (Å²) < 4.78 is 0. The Morgan fingerprint density at radius 2 is 1.68 bits per heavy atom. The molecule has 1 aliphatic heterocycles. The van der Waals surface area contributed by atoms with Crippen molar-refractivity contribution in [2.45, 2.75) is 64.7 Å². The normalized spacial score (nSPS) is 23.8. The minimum Gasteiger partial charge on any atom is -0.300 e. The predicted molar refractivity (Wildman–Crippen MR) is 100 cm³/mol. The molecule has 25 heavy (non-hydrogen) atoms. The maximum atomic E-state index is 12.9. The van der Waals surface area contributed by atoms with E-state index >= 15 is 0 Å². The highest BCUT2D eigenvalue weighted by Crippen LogP contribution is 2.43. The van der Waals surface area contributed by atoms with Crippen molar-refractivity contribution in [1.29, 1.82) is 0 Å². The zero-order valence-corrected chi connectivity index (χ0v) is 16.3. The first-order valence-corrected chi connectivity index (χ1v) is 9.18. The van der Waals surface area contributed by atoms with E-state index in [1.807, 2.05) is 18.2 Å². The third-order valence-corrected chi connectivity index (χ3v) is 5.05. The van der Waals surface area contributed by atoms with Crippen molar-refractivity contribution < 1.29 is 9.59 Å². The van der Waals surface area contributed by atoms with E-state index in [0.717, 1.165) is 0 Å². The Morgan fingerprint density at radius 3 is 2.12 bits per heavy atom. The zero-order valence-electron chi connectivity index (χ0n) is 15.5. The van der Waals surface area contributed by atoms with Gasteiger partial charge in [0.1, 0.15) is 0 Å². The number of halogens is 1. The van der Waals surface area contributed by atoms with Crippen LogP contribution in [0.1, 0.15) is 46.6 Å². The van der Waals surface area contributed by atoms with Crippen molar-refractivity contribution in [1.82, 2.24) is 16.0 Å². The molecule has 1 aromatic carbocycles. The summed E-state index contributed by atoms with van der Waals surface area (Å²) in [6.07, 6.45) is 0.307. The van der Waals surface area contributed by atoms with Gasteiger partial charge in [0.05, 0.1) is 17.5 Å². The third-order valence-electron chi connectivity index (χ3n) is 4.72. The number of nitrogens with one attached hydrogen (secondary N) is 3. The summed E-state index contributed by atoms with van der Waals surface area (Å²) in [5.41, 5.74) is -0.294. The lowest BCUT2D eigenvalue weighted by atomic mass is 9.69. The number of carbonyl (C=O) groups is 2. The average molecular weight is 366 g/mol. The fraction of sp³-hybridized carbons (Fsp3) is 0.579. The molecular formula is C19H28ClN3O2. The quantitative estimate of drug-likeness (QED) is 0.513. The van der Waals surface area contributed by atoms with E-state index in [4.69, 9.17) is 11.6 Å². The molecule has 2 unspecified atom stereocenters. The minimum atomic E-state index is -0.996. The molecule has 1 fully saturated rings. The van der Waals surface area contributed by atoms with Crippen LogP contribution in [0.4, 0.5) is 0 Å². The van der Waals surface area contributed by atoms with Crippen LogP contribution in [0.2, 0.25) is 5.02 Å². The van der Waals surface area contributed by atoms with Crippen LogP contribution in [0, 0.1) is 5.92 Å². The van der Waals surface area contributed by atoms with Crippen LogP contribution in [0.5, 0.6) is 0 Å². The van der Waals surface area contributed by atoms with E-state index in [9.17, 15) is 9.59 Å². The summed E-state index contributed by atoms with van der Waals surface area (Å²) in [5.74, 6) is -1.03. The van der Waals surface area contributed by atoms with E-state index in [1.54, 1.807) is 13.0 Å². The summed E-state index contributed by atoms with van der Waals surface area (Å²) in [6, 6.07) is 7.76. The molecule has 0 bridgehead atoms. The molecular weight excluding hydrogens is 338 g/mol. The number of carbonyl (C=O) groups excluding carboxylic acids is 2. The average Bonchev–Trinajstić information content (AvgIpc) is 2.70. The van der Waals surface area contributed by atoms with Crippen molar-refractivity contribution in [3.63, 3.8) is 0 Å². The van der Waals surface area contributed by atoms with Crippen molar-refractivity contribution in [3.8, 4) is 0 Å². The van der Waals surface area contributed by atoms with Crippen LogP contribution in [-0.2, 0) is 15.0 Å². The Balaban J connectivity index is 2.50. The lowest BCUT2D eigenvalue weighted by Crippen LogP contribution is -2.54. The molecule has 1 aliphatic rings. The molecule has 1 saturated heterocycles. The first-order chi connectivity index (χ1) is 11.7. The second kappa shape index (κ2) is 7.85. The van der Waals surface area contributed by atoms with Crippen LogP contribution in [0.25, 0.3) is 0 Å². The first kappa shape index (κ1) is 19.9. The number of imide groups is 1. The van der Waals surface area contributed by atoms with Gasteiger partial charge in [0.2, 0.25) is 11.8 Å². The largest absolute Gasteiger partial charge is 0.300 e. The Hall–Kier alpha value is -1.43. The number of amides is 2. The second-order valence-electron chi connectivity index (χ2n) is 7.39. The van der Waals surface area contributed by atoms with Gasteiger partial charge < -0.3 is 0 Å². The van der Waals surface area contributed by atoms with Gasteiger partial charge in [-0.05, 0) is 45.7 Å². The highest BCUT2D eigenvalue weighted by atomic mass is 35.5. The SMILES string of the molecule is CC(C)NC(CC1(c2ccccc2Cl)C(=O)NC(=O)C1C)NC(C)C. The van der Waals surface area contributed by atoms with E-state index in [0.29, 0.717) is 17.0 Å². The molecule has 138 valence electrons. The van der Waals surface area contributed by atoms with Gasteiger partial charge in [-0.1, -0.05) is 36.7 Å². The molecule has 2 atom stereocenters. The molecule has 2 rings (SSSR count). The molecule has 2 amide bonds. The zero-order chi connectivity index (χ0) is 18.8. The predicted octanol–water partition coefficient (Wildman–Crippen LogP) is 2.58. The lowest BCUT2D eigenvalue weighted by molar-refractivity contribution is -0.126. The van der Waals surface area contributed by atoms with E-state index < -0.39 is 11.3 Å². The topological polar surface area (TPSA) is 70.2 Å². The fourth-order valence-electron chi connectivity index (χ4n) is 3.60. The van der Waals surface area contributed by atoms with Crippen molar-refractivity contribution in [3.05, 3.63) is 34.9 Å². The summed E-state index contributed by atoms with van der Waals surface area (Å²) in [7, 11) is 0. The molecule has 0 aromatic heterocycles. The molecule has 0 saturated carbocycles. The molecule has 0 aliphatic carbocycles. The van der Waals surface area contributed by atoms with E-state index in [-0.39, 0.29) is 30.1 Å². The molecule has 3 N–H and O–H groups in total. The van der Waals surface area contributed by atoms with Gasteiger partial charge in [-0.3, -0.25) is 25.5 Å². The fourth-order valence-corrected chi connectivity index (χ4v) is 3.91. The van der Waals surface area contributed by atoms with Crippen molar-refractivity contribution in [2.24, 2.45) is 5.92 Å². The summed E-state index contributed by atoms with van der Waals surface area (Å²) in [4.78, 5) is 25.2. The maximum Gasteiger partial charge on any atom is 0.238 e. The van der Waals surface area contributed by atoms with Crippen LogP contribution >= 0.6 is 11.6 Å². The van der Waals surface area contributed by atoms with Crippen LogP contribution in [0.3, 0.4) is 0 Å². The molecule has 0 radical (unpaired) electrons. The van der Waals surface area contributed by atoms with Gasteiger partial charge in [0, 0.05) is 17.1 Å². The van der Waals surface area contributed by atoms with E-state index in [2.05, 4.69) is 43.6 Å². The van der Waals surface area contributed by atoms with Crippen LogP contribution in [0.15, 0.2) is 24.3 Å². The highest BCUT2D eigenvalue weighted by molar-refractivity contribution is 6.32. The Morgan fingerprint density at radius 1 is 1.12 bits per heavy atom. The third kappa shape index (κ3) is 4.05. The van der Waals surface area contributed by atoms with Crippen LogP contribution < -0.4 is 16.0 Å². The second-order valence-corrected chi connectivity index (χ2v) is 7.80. The number of benzene rings is 1. The highest BCUT2D eigenvalue weighted by Gasteiger charge is 2.55. The van der Waals surface area contributed by atoms with E-state index in [1.165, 1.54) is 0 Å². The Kier molecular flexibility index (Phi) is 6.25. The maximum absolute atomic E-state index is 12.9. The van der Waals surface area contributed by atoms with Crippen molar-refractivity contribution in [2.75, 3.05) is 0 Å². The molecule has 6 heteroatoms. The summed E-state index contributed by atoms with van der Waals surface area (Å²) in [6.45, 7) is 10.0. The molecule has 1 heterocycles. The Bertz CT molecular complexity index is 637. The number of hydrogen-bond acceptors (Lipinski definition) is 4. The van der Waals surface area contributed by atoms with Gasteiger partial charge in [0.25, 0.3) is 0 Å². The Labute approximate surface area is 154 Å². The summed E-state index contributed by atoms with van der Waals surface area (Å²) >= 11 is 6.43. The smallest absolute Gasteiger partial charge is 0.238 e. The monoisotopic (exact) mass is 365 g/mol. The molecule has 5 nitrogen and oxygen atoms in total. The van der Waals surface area contributed by atoms with Gasteiger partial charge in [-0.2, -0.15) is 0 Å². The summed E-state index contributed by atoms with van der Waals surface area (Å²) in [5, 5.41) is 9.93. The number of hydrogen-bond donors (Lipinski definition) is 3. The van der Waals surface area contributed by atoms with Gasteiger partial charge >= 0.3 is 0 Å². The number of rotatable bonds is 7. The van der Waals surface area contributed by atoms with Crippen LogP contribution in [-0.4, -0.2) is 30.1 Å². The van der Waals surface area contributed by atoms with Gasteiger partial charge in [-0.25, -0.2) is 0 Å². The van der Waals surface area contributed by atoms with Gasteiger partial charge in [0.15, 0.2) is 0 Å².